The predicted molar refractivity (Wildman–Crippen MR) is 56.0 cm³/mol. The molecule has 13 heavy (non-hydrogen) atoms. The first kappa shape index (κ1) is 11.0. The molecule has 2 unspecified atom stereocenters. The van der Waals surface area contributed by atoms with Gasteiger partial charge in [-0.25, -0.2) is 0 Å². The number of morpholine rings is 1. The quantitative estimate of drug-likeness (QED) is 0.621. The Morgan fingerprint density at radius 1 is 1.31 bits per heavy atom. The molecule has 1 saturated heterocycles. The molecule has 1 saturated carbocycles. The highest BCUT2D eigenvalue weighted by Crippen LogP contribution is 2.30. The van der Waals surface area contributed by atoms with Crippen molar-refractivity contribution in [2.75, 3.05) is 13.2 Å². The molecule has 0 N–H and O–H groups in total. The standard InChI is InChI=1S/C10H19NO.CH4/c1-8(2)11-6-7-12-10-5-3-4-9(10)11;/h8-10H,3-7H2,1-2H3;1H4. The van der Waals surface area contributed by atoms with Gasteiger partial charge in [-0.15, -0.1) is 0 Å². The van der Waals surface area contributed by atoms with E-state index in [0.717, 1.165) is 19.2 Å². The van der Waals surface area contributed by atoms with Crippen molar-refractivity contribution >= 4 is 0 Å². The van der Waals surface area contributed by atoms with Crippen LogP contribution in [-0.4, -0.2) is 36.2 Å². The number of fused-ring (bicyclic) bond motifs is 1. The lowest BCUT2D eigenvalue weighted by Gasteiger charge is -2.40. The van der Waals surface area contributed by atoms with Crippen molar-refractivity contribution in [2.45, 2.75) is 58.7 Å². The Hall–Kier alpha value is -0.0800. The maximum Gasteiger partial charge on any atom is 0.0731 e. The summed E-state index contributed by atoms with van der Waals surface area (Å²) >= 11 is 0. The smallest absolute Gasteiger partial charge is 0.0731 e. The van der Waals surface area contributed by atoms with Crippen molar-refractivity contribution in [3.63, 3.8) is 0 Å². The van der Waals surface area contributed by atoms with E-state index in [4.69, 9.17) is 4.74 Å². The highest BCUT2D eigenvalue weighted by atomic mass is 16.5. The molecule has 0 aromatic carbocycles. The number of hydrogen-bond donors (Lipinski definition) is 0. The lowest BCUT2D eigenvalue weighted by molar-refractivity contribution is -0.0666. The van der Waals surface area contributed by atoms with E-state index in [-0.39, 0.29) is 7.43 Å². The van der Waals surface area contributed by atoms with Gasteiger partial charge in [0.1, 0.15) is 0 Å². The minimum absolute atomic E-state index is 0. The van der Waals surface area contributed by atoms with Gasteiger partial charge in [-0.1, -0.05) is 7.43 Å². The second-order valence-electron chi connectivity index (χ2n) is 4.24. The van der Waals surface area contributed by atoms with Gasteiger partial charge in [0.25, 0.3) is 0 Å². The Morgan fingerprint density at radius 2 is 2.08 bits per heavy atom. The van der Waals surface area contributed by atoms with Crippen LogP contribution in [0, 0.1) is 0 Å². The fourth-order valence-corrected chi connectivity index (χ4v) is 2.60. The summed E-state index contributed by atoms with van der Waals surface area (Å²) in [7, 11) is 0. The molecule has 2 aliphatic rings. The number of hydrogen-bond acceptors (Lipinski definition) is 2. The van der Waals surface area contributed by atoms with Crippen LogP contribution in [0.2, 0.25) is 0 Å². The maximum absolute atomic E-state index is 5.74. The van der Waals surface area contributed by atoms with Crippen molar-refractivity contribution in [1.82, 2.24) is 4.90 Å². The second-order valence-corrected chi connectivity index (χ2v) is 4.24. The lowest BCUT2D eigenvalue weighted by Crippen LogP contribution is -2.51. The van der Waals surface area contributed by atoms with E-state index in [2.05, 4.69) is 18.7 Å². The average Bonchev–Trinajstić information content (AvgIpc) is 2.49. The van der Waals surface area contributed by atoms with Crippen molar-refractivity contribution < 1.29 is 4.74 Å². The van der Waals surface area contributed by atoms with Gasteiger partial charge in [-0.3, -0.25) is 4.90 Å². The number of ether oxygens (including phenoxy) is 1. The molecule has 1 aliphatic carbocycles. The summed E-state index contributed by atoms with van der Waals surface area (Å²) < 4.78 is 5.74. The molecule has 0 aromatic heterocycles. The van der Waals surface area contributed by atoms with Gasteiger partial charge in [-0.05, 0) is 33.1 Å². The van der Waals surface area contributed by atoms with Crippen LogP contribution in [0.15, 0.2) is 0 Å². The summed E-state index contributed by atoms with van der Waals surface area (Å²) in [5.41, 5.74) is 0. The van der Waals surface area contributed by atoms with Gasteiger partial charge in [0.05, 0.1) is 12.7 Å². The molecule has 0 spiro atoms. The van der Waals surface area contributed by atoms with E-state index >= 15 is 0 Å². The third kappa shape index (κ3) is 2.05. The van der Waals surface area contributed by atoms with Gasteiger partial charge >= 0.3 is 0 Å². The van der Waals surface area contributed by atoms with Gasteiger partial charge < -0.3 is 4.74 Å². The third-order valence-electron chi connectivity index (χ3n) is 3.19. The van der Waals surface area contributed by atoms with Crippen molar-refractivity contribution in [2.24, 2.45) is 0 Å². The first-order chi connectivity index (χ1) is 5.79. The van der Waals surface area contributed by atoms with Crippen LogP contribution in [0.1, 0.15) is 40.5 Å². The van der Waals surface area contributed by atoms with E-state index < -0.39 is 0 Å². The average molecular weight is 185 g/mol. The highest BCUT2D eigenvalue weighted by Gasteiger charge is 2.36. The zero-order chi connectivity index (χ0) is 8.55. The Kier molecular flexibility index (Phi) is 3.74. The molecule has 2 atom stereocenters. The van der Waals surface area contributed by atoms with Crippen LogP contribution in [0.5, 0.6) is 0 Å². The third-order valence-corrected chi connectivity index (χ3v) is 3.19. The van der Waals surface area contributed by atoms with Gasteiger partial charge in [0.15, 0.2) is 0 Å². The summed E-state index contributed by atoms with van der Waals surface area (Å²) in [4.78, 5) is 2.61. The fraction of sp³-hybridized carbons (Fsp3) is 1.00. The molecular weight excluding hydrogens is 162 g/mol. The zero-order valence-electron chi connectivity index (χ0n) is 8.12. The van der Waals surface area contributed by atoms with E-state index in [1.54, 1.807) is 0 Å². The molecule has 1 aliphatic heterocycles. The van der Waals surface area contributed by atoms with Crippen LogP contribution in [-0.2, 0) is 4.74 Å². The molecule has 78 valence electrons. The molecule has 0 amide bonds. The molecular formula is C11H23NO. The second kappa shape index (κ2) is 4.43. The predicted octanol–water partition coefficient (Wildman–Crippen LogP) is 2.28. The van der Waals surface area contributed by atoms with Crippen molar-refractivity contribution in [1.29, 1.82) is 0 Å². The largest absolute Gasteiger partial charge is 0.375 e. The molecule has 1 heterocycles. The molecule has 2 rings (SSSR count). The van der Waals surface area contributed by atoms with Crippen molar-refractivity contribution in [3.05, 3.63) is 0 Å². The molecule has 0 bridgehead atoms. The normalized spacial score (nSPS) is 34.4. The van der Waals surface area contributed by atoms with E-state index in [9.17, 15) is 0 Å². The van der Waals surface area contributed by atoms with Gasteiger partial charge in [0.2, 0.25) is 0 Å². The van der Waals surface area contributed by atoms with Crippen LogP contribution in [0.25, 0.3) is 0 Å². The topological polar surface area (TPSA) is 12.5 Å². The maximum atomic E-state index is 5.74. The summed E-state index contributed by atoms with van der Waals surface area (Å²) in [5.74, 6) is 0. The first-order valence-electron chi connectivity index (χ1n) is 5.16. The Balaban J connectivity index is 0.000000845. The van der Waals surface area contributed by atoms with Crippen LogP contribution >= 0.6 is 0 Å². The SMILES string of the molecule is C.CC(C)N1CCOC2CCCC21. The first-order valence-corrected chi connectivity index (χ1v) is 5.16. The van der Waals surface area contributed by atoms with Crippen LogP contribution < -0.4 is 0 Å². The zero-order valence-corrected chi connectivity index (χ0v) is 8.12. The summed E-state index contributed by atoms with van der Waals surface area (Å²) in [6, 6.07) is 1.43. The Labute approximate surface area is 82.3 Å². The molecule has 2 heteroatoms. The minimum atomic E-state index is 0. The Bertz CT molecular complexity index is 158. The molecule has 0 radical (unpaired) electrons. The number of rotatable bonds is 1. The molecule has 2 nitrogen and oxygen atoms in total. The van der Waals surface area contributed by atoms with Gasteiger partial charge in [0, 0.05) is 18.6 Å². The summed E-state index contributed by atoms with van der Waals surface area (Å²) in [6.07, 6.45) is 4.55. The molecule has 0 aromatic rings. The monoisotopic (exact) mass is 185 g/mol. The van der Waals surface area contributed by atoms with Gasteiger partial charge in [-0.2, -0.15) is 0 Å². The highest BCUT2D eigenvalue weighted by molar-refractivity contribution is 4.90. The number of nitrogens with zero attached hydrogens (tertiary/aromatic N) is 1. The fourth-order valence-electron chi connectivity index (χ4n) is 2.60. The lowest BCUT2D eigenvalue weighted by atomic mass is 10.1. The summed E-state index contributed by atoms with van der Waals surface area (Å²) in [6.45, 7) is 6.67. The van der Waals surface area contributed by atoms with E-state index in [0.29, 0.717) is 12.1 Å². The van der Waals surface area contributed by atoms with E-state index in [1.807, 2.05) is 0 Å². The van der Waals surface area contributed by atoms with Crippen molar-refractivity contribution in [3.8, 4) is 0 Å². The summed E-state index contributed by atoms with van der Waals surface area (Å²) in [5, 5.41) is 0. The Morgan fingerprint density at radius 3 is 2.77 bits per heavy atom. The van der Waals surface area contributed by atoms with E-state index in [1.165, 1.54) is 19.3 Å². The molecule has 2 fully saturated rings. The minimum Gasteiger partial charge on any atom is -0.375 e. The van der Waals surface area contributed by atoms with Crippen LogP contribution in [0.3, 0.4) is 0 Å². The van der Waals surface area contributed by atoms with Crippen LogP contribution in [0.4, 0.5) is 0 Å².